The highest BCUT2D eigenvalue weighted by Gasteiger charge is 2.46. The lowest BCUT2D eigenvalue weighted by atomic mass is 9.99. The van der Waals surface area contributed by atoms with Gasteiger partial charge < -0.3 is 34.3 Å². The SMILES string of the molecule is CO[C@H]1O[C@H](CO)[C@@H](O)[C@H](O)[C@H]1OC(=S)Oc1ccc(Cl)cc1. The number of hydrogen-bond acceptors (Lipinski definition) is 8. The normalized spacial score (nSPS) is 30.7. The Kier molecular flexibility index (Phi) is 6.54. The van der Waals surface area contributed by atoms with Crippen molar-refractivity contribution < 1.29 is 34.3 Å². The highest BCUT2D eigenvalue weighted by atomic mass is 35.5. The van der Waals surface area contributed by atoms with Crippen LogP contribution in [0.25, 0.3) is 0 Å². The molecule has 0 amide bonds. The second-order valence-corrected chi connectivity index (χ2v) is 5.60. The fourth-order valence-electron chi connectivity index (χ4n) is 2.11. The Morgan fingerprint density at radius 3 is 2.48 bits per heavy atom. The van der Waals surface area contributed by atoms with Crippen molar-refractivity contribution in [2.75, 3.05) is 13.7 Å². The molecule has 1 aromatic rings. The minimum absolute atomic E-state index is 0.281. The van der Waals surface area contributed by atoms with Gasteiger partial charge in [-0.25, -0.2) is 0 Å². The molecule has 1 heterocycles. The van der Waals surface area contributed by atoms with E-state index in [-0.39, 0.29) is 5.24 Å². The lowest BCUT2D eigenvalue weighted by Crippen LogP contribution is -2.60. The number of benzene rings is 1. The summed E-state index contributed by atoms with van der Waals surface area (Å²) in [5.74, 6) is 0.397. The number of hydrogen-bond donors (Lipinski definition) is 3. The quantitative estimate of drug-likeness (QED) is 0.663. The Balaban J connectivity index is 2.01. The predicted octanol–water partition coefficient (Wildman–Crippen LogP) is 0.474. The third-order valence-corrected chi connectivity index (χ3v) is 3.74. The minimum Gasteiger partial charge on any atom is -0.445 e. The number of thiocarbonyl (C=S) groups is 1. The topological polar surface area (TPSA) is 97.6 Å². The van der Waals surface area contributed by atoms with Crippen molar-refractivity contribution in [2.24, 2.45) is 0 Å². The minimum atomic E-state index is -1.38. The molecule has 1 aliphatic rings. The number of aliphatic hydroxyl groups is 3. The zero-order chi connectivity index (χ0) is 17.0. The van der Waals surface area contributed by atoms with E-state index in [4.69, 9.17) is 47.9 Å². The van der Waals surface area contributed by atoms with Gasteiger partial charge in [0.1, 0.15) is 24.1 Å². The smallest absolute Gasteiger partial charge is 0.358 e. The first-order valence-corrected chi connectivity index (χ1v) is 7.54. The van der Waals surface area contributed by atoms with E-state index < -0.39 is 37.3 Å². The van der Waals surface area contributed by atoms with Crippen LogP contribution >= 0.6 is 23.8 Å². The molecule has 0 aromatic heterocycles. The maximum atomic E-state index is 10.1. The number of halogens is 1. The van der Waals surface area contributed by atoms with Gasteiger partial charge in [-0.05, 0) is 24.3 Å². The first-order chi connectivity index (χ1) is 11.0. The van der Waals surface area contributed by atoms with Gasteiger partial charge in [-0.3, -0.25) is 0 Å². The van der Waals surface area contributed by atoms with Crippen LogP contribution < -0.4 is 4.74 Å². The van der Waals surface area contributed by atoms with Crippen LogP contribution in [0.1, 0.15) is 0 Å². The summed E-state index contributed by atoms with van der Waals surface area (Å²) in [6, 6.07) is 6.42. The van der Waals surface area contributed by atoms with Crippen molar-refractivity contribution in [3.8, 4) is 5.75 Å². The summed E-state index contributed by atoms with van der Waals surface area (Å²) in [5.41, 5.74) is 0. The maximum Gasteiger partial charge on any atom is 0.358 e. The maximum absolute atomic E-state index is 10.1. The summed E-state index contributed by atoms with van der Waals surface area (Å²) in [6.45, 7) is -0.476. The second-order valence-electron chi connectivity index (χ2n) is 4.83. The first kappa shape index (κ1) is 18.3. The van der Waals surface area contributed by atoms with E-state index in [1.165, 1.54) is 7.11 Å². The zero-order valence-electron chi connectivity index (χ0n) is 12.2. The zero-order valence-corrected chi connectivity index (χ0v) is 13.7. The van der Waals surface area contributed by atoms with Crippen molar-refractivity contribution in [3.05, 3.63) is 29.3 Å². The summed E-state index contributed by atoms with van der Waals surface area (Å²) in [5, 5.41) is 29.4. The third-order valence-electron chi connectivity index (χ3n) is 3.30. The van der Waals surface area contributed by atoms with Crippen LogP contribution in [-0.2, 0) is 14.2 Å². The van der Waals surface area contributed by atoms with Crippen LogP contribution in [0.3, 0.4) is 0 Å². The van der Waals surface area contributed by atoms with Crippen LogP contribution in [0.15, 0.2) is 24.3 Å². The van der Waals surface area contributed by atoms with Crippen LogP contribution in [0, 0.1) is 0 Å². The summed E-state index contributed by atoms with van der Waals surface area (Å²) >= 11 is 10.7. The van der Waals surface area contributed by atoms with Crippen molar-refractivity contribution in [2.45, 2.75) is 30.7 Å². The van der Waals surface area contributed by atoms with Gasteiger partial charge in [0.2, 0.25) is 0 Å². The molecule has 2 rings (SSSR count). The molecule has 7 nitrogen and oxygen atoms in total. The van der Waals surface area contributed by atoms with Crippen molar-refractivity contribution in [1.82, 2.24) is 0 Å². The van der Waals surface area contributed by atoms with E-state index in [0.29, 0.717) is 10.8 Å². The summed E-state index contributed by atoms with van der Waals surface area (Å²) in [6.07, 6.45) is -5.86. The molecule has 9 heteroatoms. The molecule has 0 unspecified atom stereocenters. The van der Waals surface area contributed by atoms with Gasteiger partial charge in [0, 0.05) is 24.4 Å². The largest absolute Gasteiger partial charge is 0.445 e. The van der Waals surface area contributed by atoms with Gasteiger partial charge in [0.25, 0.3) is 0 Å². The molecular weight excluding hydrogens is 348 g/mol. The molecule has 0 saturated carbocycles. The Hall–Kier alpha value is -1.00. The number of ether oxygens (including phenoxy) is 4. The van der Waals surface area contributed by atoms with E-state index in [0.717, 1.165) is 0 Å². The van der Waals surface area contributed by atoms with E-state index in [2.05, 4.69) is 0 Å². The molecule has 128 valence electrons. The Morgan fingerprint density at radius 1 is 1.26 bits per heavy atom. The van der Waals surface area contributed by atoms with Gasteiger partial charge in [-0.1, -0.05) is 11.6 Å². The Labute approximate surface area is 143 Å². The van der Waals surface area contributed by atoms with Crippen molar-refractivity contribution in [3.63, 3.8) is 0 Å². The first-order valence-electron chi connectivity index (χ1n) is 6.75. The van der Waals surface area contributed by atoms with Crippen molar-refractivity contribution in [1.29, 1.82) is 0 Å². The molecule has 0 bridgehead atoms. The standard InChI is InChI=1S/C14H17ClO7S/c1-19-13-12(11(18)10(17)9(6-16)21-13)22-14(23)20-8-4-2-7(15)3-5-8/h2-5,9-13,16-18H,6H2,1H3/t9-,10-,11+,12-,13+/m1/s1. The fourth-order valence-corrected chi connectivity index (χ4v) is 2.44. The highest BCUT2D eigenvalue weighted by molar-refractivity contribution is 7.79. The summed E-state index contributed by atoms with van der Waals surface area (Å²) in [7, 11) is 1.34. The number of methoxy groups -OCH3 is 1. The molecule has 1 aromatic carbocycles. The molecule has 5 atom stereocenters. The molecule has 1 saturated heterocycles. The lowest BCUT2D eigenvalue weighted by Gasteiger charge is -2.40. The van der Waals surface area contributed by atoms with Gasteiger partial charge in [0.05, 0.1) is 6.61 Å². The average molecular weight is 365 g/mol. The van der Waals surface area contributed by atoms with E-state index in [9.17, 15) is 10.2 Å². The summed E-state index contributed by atoms with van der Waals surface area (Å²) in [4.78, 5) is 0. The third kappa shape index (κ3) is 4.51. The molecule has 1 aliphatic heterocycles. The van der Waals surface area contributed by atoms with Gasteiger partial charge in [-0.2, -0.15) is 0 Å². The molecule has 0 aliphatic carbocycles. The lowest BCUT2D eigenvalue weighted by molar-refractivity contribution is -0.292. The van der Waals surface area contributed by atoms with E-state index in [1.807, 2.05) is 0 Å². The van der Waals surface area contributed by atoms with Crippen molar-refractivity contribution >= 4 is 29.1 Å². The Morgan fingerprint density at radius 2 is 1.91 bits per heavy atom. The van der Waals surface area contributed by atoms with E-state index in [1.54, 1.807) is 24.3 Å². The van der Waals surface area contributed by atoms with E-state index >= 15 is 0 Å². The van der Waals surface area contributed by atoms with Crippen LogP contribution in [0.4, 0.5) is 0 Å². The Bertz CT molecular complexity index is 524. The number of rotatable bonds is 4. The monoisotopic (exact) mass is 364 g/mol. The number of aliphatic hydroxyl groups excluding tert-OH is 3. The van der Waals surface area contributed by atoms with Gasteiger partial charge in [-0.15, -0.1) is 0 Å². The summed E-state index contributed by atoms with van der Waals surface area (Å²) < 4.78 is 21.0. The van der Waals surface area contributed by atoms with Gasteiger partial charge >= 0.3 is 5.24 Å². The van der Waals surface area contributed by atoms with Crippen LogP contribution in [-0.4, -0.2) is 65.0 Å². The average Bonchev–Trinajstić information content (AvgIpc) is 2.54. The fraction of sp³-hybridized carbons (Fsp3) is 0.500. The molecule has 0 radical (unpaired) electrons. The highest BCUT2D eigenvalue weighted by Crippen LogP contribution is 2.25. The molecular formula is C14H17ClO7S. The van der Waals surface area contributed by atoms with Crippen LogP contribution in [0.5, 0.6) is 5.75 Å². The van der Waals surface area contributed by atoms with Gasteiger partial charge in [0.15, 0.2) is 12.4 Å². The molecule has 3 N–H and O–H groups in total. The molecule has 1 fully saturated rings. The second kappa shape index (κ2) is 8.20. The molecule has 0 spiro atoms. The predicted molar refractivity (Wildman–Crippen MR) is 84.3 cm³/mol. The van der Waals surface area contributed by atoms with Crippen LogP contribution in [0.2, 0.25) is 5.02 Å². The molecule has 23 heavy (non-hydrogen) atoms.